The fourth-order valence-corrected chi connectivity index (χ4v) is 2.84. The van der Waals surface area contributed by atoms with Crippen molar-refractivity contribution in [2.24, 2.45) is 18.9 Å². The van der Waals surface area contributed by atoms with E-state index in [1.54, 1.807) is 7.05 Å². The first kappa shape index (κ1) is 14.6. The third kappa shape index (κ3) is 2.84. The van der Waals surface area contributed by atoms with Gasteiger partial charge in [0, 0.05) is 19.3 Å². The number of nitrogens with zero attached hydrogens (tertiary/aromatic N) is 2. The molecule has 0 radical (unpaired) electrons. The zero-order valence-electron chi connectivity index (χ0n) is 12.1. The lowest BCUT2D eigenvalue weighted by atomic mass is 9.78. The summed E-state index contributed by atoms with van der Waals surface area (Å²) in [4.78, 5) is 23.4. The van der Waals surface area contributed by atoms with Crippen LogP contribution in [0.2, 0.25) is 0 Å². The zero-order chi connectivity index (χ0) is 14.9. The number of aromatic carboxylic acids is 1. The molecule has 1 aromatic rings. The molecule has 0 aliphatic heterocycles. The first-order chi connectivity index (χ1) is 9.40. The Labute approximate surface area is 118 Å². The molecule has 1 amide bonds. The average molecular weight is 279 g/mol. The maximum Gasteiger partial charge on any atom is 0.339 e. The molecule has 0 unspecified atom stereocenters. The third-order valence-corrected chi connectivity index (χ3v) is 4.30. The Morgan fingerprint density at radius 2 is 2.10 bits per heavy atom. The lowest BCUT2D eigenvalue weighted by molar-refractivity contribution is 0.0689. The third-order valence-electron chi connectivity index (χ3n) is 4.30. The van der Waals surface area contributed by atoms with Gasteiger partial charge in [-0.15, -0.1) is 0 Å². The van der Waals surface area contributed by atoms with E-state index in [9.17, 15) is 9.59 Å². The number of hydrogen-bond acceptors (Lipinski definition) is 3. The van der Waals surface area contributed by atoms with Crippen molar-refractivity contribution < 1.29 is 14.7 Å². The quantitative estimate of drug-likeness (QED) is 0.881. The van der Waals surface area contributed by atoms with Gasteiger partial charge in [0.15, 0.2) is 5.69 Å². The van der Waals surface area contributed by atoms with E-state index in [0.717, 1.165) is 12.8 Å². The van der Waals surface area contributed by atoms with Gasteiger partial charge in [-0.1, -0.05) is 26.7 Å². The van der Waals surface area contributed by atoms with Crippen molar-refractivity contribution >= 4 is 11.9 Å². The van der Waals surface area contributed by atoms with E-state index < -0.39 is 11.9 Å². The summed E-state index contributed by atoms with van der Waals surface area (Å²) in [6.07, 6.45) is 4.55. The van der Waals surface area contributed by atoms with Crippen LogP contribution in [0.15, 0.2) is 6.20 Å². The van der Waals surface area contributed by atoms with Gasteiger partial charge in [0.05, 0.1) is 0 Å². The summed E-state index contributed by atoms with van der Waals surface area (Å²) >= 11 is 0. The smallest absolute Gasteiger partial charge is 0.339 e. The molecule has 0 spiro atoms. The summed E-state index contributed by atoms with van der Waals surface area (Å²) in [6, 6.07) is 0.0925. The predicted molar refractivity (Wildman–Crippen MR) is 73.6 cm³/mol. The number of carboxylic acids is 1. The highest BCUT2D eigenvalue weighted by Crippen LogP contribution is 2.29. The van der Waals surface area contributed by atoms with Gasteiger partial charge in [-0.05, 0) is 18.3 Å². The fourth-order valence-electron chi connectivity index (χ4n) is 2.84. The molecule has 1 heterocycles. The molecule has 3 atom stereocenters. The van der Waals surface area contributed by atoms with Gasteiger partial charge in [-0.2, -0.15) is 5.10 Å². The van der Waals surface area contributed by atoms with Gasteiger partial charge in [-0.25, -0.2) is 4.79 Å². The number of amides is 1. The molecule has 110 valence electrons. The second-order valence-corrected chi connectivity index (χ2v) is 5.72. The highest BCUT2D eigenvalue weighted by atomic mass is 16.4. The molecule has 0 bridgehead atoms. The Morgan fingerprint density at radius 1 is 1.40 bits per heavy atom. The molecule has 1 fully saturated rings. The summed E-state index contributed by atoms with van der Waals surface area (Å²) in [5, 5.41) is 16.0. The Balaban J connectivity index is 2.14. The van der Waals surface area contributed by atoms with E-state index in [4.69, 9.17) is 5.11 Å². The van der Waals surface area contributed by atoms with E-state index in [-0.39, 0.29) is 17.3 Å². The number of aromatic nitrogens is 2. The molecule has 1 saturated carbocycles. The van der Waals surface area contributed by atoms with E-state index in [2.05, 4.69) is 24.3 Å². The van der Waals surface area contributed by atoms with Crippen LogP contribution < -0.4 is 5.32 Å². The molecule has 0 aromatic carbocycles. The van der Waals surface area contributed by atoms with Crippen LogP contribution in [0.1, 0.15) is 54.0 Å². The number of carboxylic acid groups (broad SMARTS) is 1. The van der Waals surface area contributed by atoms with Gasteiger partial charge in [0.2, 0.25) is 0 Å². The first-order valence-corrected chi connectivity index (χ1v) is 6.98. The van der Waals surface area contributed by atoms with Crippen molar-refractivity contribution in [1.29, 1.82) is 0 Å². The summed E-state index contributed by atoms with van der Waals surface area (Å²) in [5.41, 5.74) is -0.0630. The lowest BCUT2D eigenvalue weighted by Gasteiger charge is -2.34. The van der Waals surface area contributed by atoms with Crippen LogP contribution in [0.4, 0.5) is 0 Å². The van der Waals surface area contributed by atoms with Crippen molar-refractivity contribution in [1.82, 2.24) is 15.1 Å². The van der Waals surface area contributed by atoms with Crippen LogP contribution in [0.5, 0.6) is 0 Å². The van der Waals surface area contributed by atoms with Crippen LogP contribution in [-0.4, -0.2) is 32.8 Å². The summed E-state index contributed by atoms with van der Waals surface area (Å²) < 4.78 is 1.35. The van der Waals surface area contributed by atoms with Gasteiger partial charge in [0.1, 0.15) is 5.56 Å². The second kappa shape index (κ2) is 5.64. The summed E-state index contributed by atoms with van der Waals surface area (Å²) in [5.74, 6) is -0.566. The van der Waals surface area contributed by atoms with Crippen molar-refractivity contribution in [3.63, 3.8) is 0 Å². The van der Waals surface area contributed by atoms with Crippen molar-refractivity contribution in [3.8, 4) is 0 Å². The number of rotatable bonds is 3. The number of carbonyl (C=O) groups excluding carboxylic acids is 1. The van der Waals surface area contributed by atoms with E-state index in [0.29, 0.717) is 11.8 Å². The van der Waals surface area contributed by atoms with Crippen molar-refractivity contribution in [3.05, 3.63) is 17.5 Å². The number of aryl methyl sites for hydroxylation is 1. The standard InChI is InChI=1S/C14H21N3O3/c1-8-5-4-6-11(9(8)2)15-13(18)12-10(14(19)20)7-17(3)16-12/h7-9,11H,4-6H2,1-3H3,(H,15,18)(H,19,20)/t8-,9+,11+/m0/s1. The minimum absolute atomic E-state index is 0.00886. The normalized spacial score (nSPS) is 26.2. The van der Waals surface area contributed by atoms with Crippen molar-refractivity contribution in [2.75, 3.05) is 0 Å². The minimum Gasteiger partial charge on any atom is -0.478 e. The minimum atomic E-state index is -1.13. The van der Waals surface area contributed by atoms with Crippen molar-refractivity contribution in [2.45, 2.75) is 39.2 Å². The zero-order valence-corrected chi connectivity index (χ0v) is 12.1. The van der Waals surface area contributed by atoms with Crippen LogP contribution in [-0.2, 0) is 7.05 Å². The highest BCUT2D eigenvalue weighted by Gasteiger charge is 2.30. The van der Waals surface area contributed by atoms with Gasteiger partial charge < -0.3 is 10.4 Å². The maximum atomic E-state index is 12.3. The molecule has 2 N–H and O–H groups in total. The average Bonchev–Trinajstić information content (AvgIpc) is 2.77. The van der Waals surface area contributed by atoms with Crippen LogP contribution in [0.25, 0.3) is 0 Å². The molecule has 20 heavy (non-hydrogen) atoms. The Morgan fingerprint density at radius 3 is 2.75 bits per heavy atom. The van der Waals surface area contributed by atoms with Crippen LogP contribution >= 0.6 is 0 Å². The van der Waals surface area contributed by atoms with E-state index in [1.165, 1.54) is 17.3 Å². The fraction of sp³-hybridized carbons (Fsp3) is 0.643. The molecule has 6 nitrogen and oxygen atoms in total. The van der Waals surface area contributed by atoms with Gasteiger partial charge >= 0.3 is 5.97 Å². The molecule has 1 aliphatic carbocycles. The second-order valence-electron chi connectivity index (χ2n) is 5.72. The molecule has 2 rings (SSSR count). The Hall–Kier alpha value is -1.85. The van der Waals surface area contributed by atoms with E-state index in [1.807, 2.05) is 0 Å². The largest absolute Gasteiger partial charge is 0.478 e. The lowest BCUT2D eigenvalue weighted by Crippen LogP contribution is -2.44. The van der Waals surface area contributed by atoms with Gasteiger partial charge in [-0.3, -0.25) is 9.48 Å². The number of carbonyl (C=O) groups is 2. The highest BCUT2D eigenvalue weighted by molar-refractivity contribution is 6.03. The summed E-state index contributed by atoms with van der Waals surface area (Å²) in [6.45, 7) is 4.32. The molecule has 1 aliphatic rings. The van der Waals surface area contributed by atoms with Crippen LogP contribution in [0, 0.1) is 11.8 Å². The van der Waals surface area contributed by atoms with Gasteiger partial charge in [0.25, 0.3) is 5.91 Å². The number of nitrogens with one attached hydrogen (secondary N) is 1. The molecule has 0 saturated heterocycles. The van der Waals surface area contributed by atoms with E-state index >= 15 is 0 Å². The molecule has 6 heteroatoms. The summed E-state index contributed by atoms with van der Waals surface area (Å²) in [7, 11) is 1.61. The Kier molecular flexibility index (Phi) is 4.11. The monoisotopic (exact) mass is 279 g/mol. The molecule has 1 aromatic heterocycles. The molecular weight excluding hydrogens is 258 g/mol. The first-order valence-electron chi connectivity index (χ1n) is 6.98. The SMILES string of the molecule is C[C@@H]1[C@@H](C)CCC[C@H]1NC(=O)c1nn(C)cc1C(=O)O. The topological polar surface area (TPSA) is 84.2 Å². The van der Waals surface area contributed by atoms with Crippen LogP contribution in [0.3, 0.4) is 0 Å². The number of hydrogen-bond donors (Lipinski definition) is 2. The molecular formula is C14H21N3O3. The predicted octanol–water partition coefficient (Wildman–Crippen LogP) is 1.67. The Bertz CT molecular complexity index is 524. The maximum absolute atomic E-state index is 12.3.